The minimum Gasteiger partial charge on any atom is -0.496 e. The molecule has 2 unspecified atom stereocenters. The van der Waals surface area contributed by atoms with Gasteiger partial charge in [0.2, 0.25) is 11.8 Å². The number of carbonyl (C=O) groups is 2. The van der Waals surface area contributed by atoms with Gasteiger partial charge in [-0.25, -0.2) is 0 Å². The van der Waals surface area contributed by atoms with Crippen molar-refractivity contribution in [1.29, 1.82) is 0 Å². The summed E-state index contributed by atoms with van der Waals surface area (Å²) in [4.78, 5) is 28.6. The van der Waals surface area contributed by atoms with E-state index in [2.05, 4.69) is 26.6 Å². The minimum atomic E-state index is -0.658. The Kier molecular flexibility index (Phi) is 8.48. The second-order valence-corrected chi connectivity index (χ2v) is 9.84. The van der Waals surface area contributed by atoms with Gasteiger partial charge in [-0.2, -0.15) is 0 Å². The number of carbonyl (C=O) groups excluding carboxylic acids is 2. The SMILES string of the molecule is CNC(C)C(=O)NC1CCCCOc2ccccc2N(Cc2c(OC)ccc3cc(Br)ccc23)C1=O. The van der Waals surface area contributed by atoms with Gasteiger partial charge in [0.25, 0.3) is 0 Å². The molecule has 1 aliphatic heterocycles. The van der Waals surface area contributed by atoms with E-state index in [1.54, 1.807) is 26.0 Å². The largest absolute Gasteiger partial charge is 0.496 e. The number of methoxy groups -OCH3 is 1. The normalized spacial score (nSPS) is 17.2. The molecule has 2 N–H and O–H groups in total. The number of nitrogens with zero attached hydrogens (tertiary/aromatic N) is 1. The van der Waals surface area contributed by atoms with Crippen molar-refractivity contribution in [3.8, 4) is 11.5 Å². The van der Waals surface area contributed by atoms with Crippen LogP contribution < -0.4 is 25.0 Å². The highest BCUT2D eigenvalue weighted by atomic mass is 79.9. The molecule has 3 aromatic rings. The third-order valence-electron chi connectivity index (χ3n) is 6.59. The third kappa shape index (κ3) is 5.65. The summed E-state index contributed by atoms with van der Waals surface area (Å²) < 4.78 is 12.8. The quantitative estimate of drug-likeness (QED) is 0.458. The average Bonchev–Trinajstić information content (AvgIpc) is 2.89. The summed E-state index contributed by atoms with van der Waals surface area (Å²) in [7, 11) is 3.36. The molecule has 0 radical (unpaired) electrons. The molecule has 1 aliphatic rings. The van der Waals surface area contributed by atoms with Gasteiger partial charge in [0.1, 0.15) is 17.5 Å². The number of anilines is 1. The molecule has 2 amide bonds. The van der Waals surface area contributed by atoms with Gasteiger partial charge in [-0.15, -0.1) is 0 Å². The summed E-state index contributed by atoms with van der Waals surface area (Å²) >= 11 is 3.55. The molecule has 8 heteroatoms. The van der Waals surface area contributed by atoms with E-state index in [0.29, 0.717) is 30.2 Å². The molecular weight excluding hydrogens is 522 g/mol. The van der Waals surface area contributed by atoms with Crippen LogP contribution in [0.1, 0.15) is 31.7 Å². The molecule has 0 spiro atoms. The van der Waals surface area contributed by atoms with Crippen molar-refractivity contribution in [2.24, 2.45) is 0 Å². The van der Waals surface area contributed by atoms with Crippen LogP contribution in [0.3, 0.4) is 0 Å². The molecule has 36 heavy (non-hydrogen) atoms. The number of para-hydroxylation sites is 2. The zero-order chi connectivity index (χ0) is 25.7. The first-order valence-corrected chi connectivity index (χ1v) is 13.0. The van der Waals surface area contributed by atoms with Gasteiger partial charge in [0.15, 0.2) is 0 Å². The number of nitrogens with one attached hydrogen (secondary N) is 2. The second kappa shape index (κ2) is 11.8. The molecule has 0 bridgehead atoms. The summed E-state index contributed by atoms with van der Waals surface area (Å²) in [5.74, 6) is 0.951. The monoisotopic (exact) mass is 553 g/mol. The molecule has 4 rings (SSSR count). The van der Waals surface area contributed by atoms with E-state index in [4.69, 9.17) is 9.47 Å². The van der Waals surface area contributed by atoms with E-state index in [-0.39, 0.29) is 18.4 Å². The summed E-state index contributed by atoms with van der Waals surface area (Å²) in [5, 5.41) is 7.96. The summed E-state index contributed by atoms with van der Waals surface area (Å²) in [6.07, 6.45) is 2.08. The maximum Gasteiger partial charge on any atom is 0.249 e. The number of halogens is 1. The van der Waals surface area contributed by atoms with Crippen LogP contribution in [-0.2, 0) is 16.1 Å². The maximum absolute atomic E-state index is 14.2. The third-order valence-corrected chi connectivity index (χ3v) is 7.09. The average molecular weight is 554 g/mol. The Labute approximate surface area is 220 Å². The molecular formula is C28H32BrN3O4. The van der Waals surface area contributed by atoms with Crippen LogP contribution in [0.4, 0.5) is 5.69 Å². The van der Waals surface area contributed by atoms with Crippen molar-refractivity contribution >= 4 is 44.2 Å². The van der Waals surface area contributed by atoms with E-state index in [9.17, 15) is 9.59 Å². The van der Waals surface area contributed by atoms with Crippen LogP contribution in [0.25, 0.3) is 10.8 Å². The predicted molar refractivity (Wildman–Crippen MR) is 146 cm³/mol. The first kappa shape index (κ1) is 26.0. The lowest BCUT2D eigenvalue weighted by molar-refractivity contribution is -0.128. The molecule has 0 fully saturated rings. The minimum absolute atomic E-state index is 0.180. The Hall–Kier alpha value is -3.10. The number of amides is 2. The Bertz CT molecular complexity index is 1250. The van der Waals surface area contributed by atoms with Crippen LogP contribution >= 0.6 is 15.9 Å². The Morgan fingerprint density at radius 2 is 2.00 bits per heavy atom. The smallest absolute Gasteiger partial charge is 0.249 e. The highest BCUT2D eigenvalue weighted by molar-refractivity contribution is 9.10. The van der Waals surface area contributed by atoms with E-state index < -0.39 is 12.1 Å². The molecule has 0 aromatic heterocycles. The van der Waals surface area contributed by atoms with E-state index in [0.717, 1.165) is 33.7 Å². The van der Waals surface area contributed by atoms with Crippen molar-refractivity contribution in [1.82, 2.24) is 10.6 Å². The number of rotatable bonds is 6. The fourth-order valence-electron chi connectivity index (χ4n) is 4.45. The van der Waals surface area contributed by atoms with Crippen molar-refractivity contribution in [2.75, 3.05) is 25.7 Å². The van der Waals surface area contributed by atoms with Crippen molar-refractivity contribution in [2.45, 2.75) is 44.8 Å². The lowest BCUT2D eigenvalue weighted by Crippen LogP contribution is -2.52. The van der Waals surface area contributed by atoms with Crippen molar-refractivity contribution in [3.63, 3.8) is 0 Å². The molecule has 1 heterocycles. The fourth-order valence-corrected chi connectivity index (χ4v) is 4.83. The van der Waals surface area contributed by atoms with Crippen LogP contribution in [0, 0.1) is 0 Å². The number of likely N-dealkylation sites (N-methyl/N-ethyl adjacent to an activating group) is 1. The fraction of sp³-hybridized carbons (Fsp3) is 0.357. The van der Waals surface area contributed by atoms with Crippen molar-refractivity contribution in [3.05, 3.63) is 64.6 Å². The molecule has 0 saturated heterocycles. The number of hydrogen-bond acceptors (Lipinski definition) is 5. The zero-order valence-corrected chi connectivity index (χ0v) is 22.4. The first-order valence-electron chi connectivity index (χ1n) is 12.2. The summed E-state index contributed by atoms with van der Waals surface area (Å²) in [6, 6.07) is 16.5. The Morgan fingerprint density at radius 3 is 2.78 bits per heavy atom. The summed E-state index contributed by atoms with van der Waals surface area (Å²) in [5.41, 5.74) is 1.55. The van der Waals surface area contributed by atoms with Gasteiger partial charge >= 0.3 is 0 Å². The highest BCUT2D eigenvalue weighted by Crippen LogP contribution is 2.36. The lowest BCUT2D eigenvalue weighted by Gasteiger charge is -2.31. The first-order chi connectivity index (χ1) is 17.4. The van der Waals surface area contributed by atoms with Gasteiger partial charge in [0.05, 0.1) is 32.0 Å². The van der Waals surface area contributed by atoms with Gasteiger partial charge in [0, 0.05) is 10.0 Å². The number of ether oxygens (including phenoxy) is 2. The molecule has 2 atom stereocenters. The highest BCUT2D eigenvalue weighted by Gasteiger charge is 2.31. The molecule has 0 saturated carbocycles. The Morgan fingerprint density at radius 1 is 1.19 bits per heavy atom. The lowest BCUT2D eigenvalue weighted by atomic mass is 10.0. The standard InChI is InChI=1S/C28H32BrN3O4/c1-18(30-2)27(33)31-23-8-6-7-15-36-26-10-5-4-9-24(26)32(28(23)34)17-22-21-13-12-20(29)16-19(21)11-14-25(22)35-3/h4-5,9-14,16,18,23,30H,6-8,15,17H2,1-3H3,(H,31,33). The van der Waals surface area contributed by atoms with Gasteiger partial charge in [-0.1, -0.05) is 40.2 Å². The zero-order valence-electron chi connectivity index (χ0n) is 20.8. The molecule has 3 aromatic carbocycles. The summed E-state index contributed by atoms with van der Waals surface area (Å²) in [6.45, 7) is 2.58. The van der Waals surface area contributed by atoms with Gasteiger partial charge in [-0.3, -0.25) is 9.59 Å². The number of hydrogen-bond donors (Lipinski definition) is 2. The van der Waals surface area contributed by atoms with Crippen LogP contribution in [0.2, 0.25) is 0 Å². The van der Waals surface area contributed by atoms with Gasteiger partial charge in [-0.05, 0) is 74.3 Å². The van der Waals surface area contributed by atoms with Crippen LogP contribution in [0.15, 0.2) is 59.1 Å². The number of benzene rings is 3. The topological polar surface area (TPSA) is 79.9 Å². The molecule has 190 valence electrons. The van der Waals surface area contributed by atoms with Crippen molar-refractivity contribution < 1.29 is 19.1 Å². The Balaban J connectivity index is 1.82. The van der Waals surface area contributed by atoms with Crippen LogP contribution in [-0.4, -0.2) is 44.7 Å². The van der Waals surface area contributed by atoms with Gasteiger partial charge < -0.3 is 25.0 Å². The van der Waals surface area contributed by atoms with E-state index in [1.807, 2.05) is 54.6 Å². The van der Waals surface area contributed by atoms with E-state index in [1.165, 1.54) is 0 Å². The number of fused-ring (bicyclic) bond motifs is 2. The molecule has 7 nitrogen and oxygen atoms in total. The van der Waals surface area contributed by atoms with Crippen LogP contribution in [0.5, 0.6) is 11.5 Å². The predicted octanol–water partition coefficient (Wildman–Crippen LogP) is 4.80. The molecule has 0 aliphatic carbocycles. The maximum atomic E-state index is 14.2. The second-order valence-electron chi connectivity index (χ2n) is 8.92. The van der Waals surface area contributed by atoms with E-state index >= 15 is 0 Å².